The van der Waals surface area contributed by atoms with Gasteiger partial charge in [0.15, 0.2) is 6.61 Å². The number of carbonyl (C=O) groups is 1. The van der Waals surface area contributed by atoms with Crippen LogP contribution in [-0.4, -0.2) is 28.5 Å². The van der Waals surface area contributed by atoms with Crippen LogP contribution in [0, 0.1) is 0 Å². The summed E-state index contributed by atoms with van der Waals surface area (Å²) in [6, 6.07) is 12.9. The van der Waals surface area contributed by atoms with Gasteiger partial charge in [0.1, 0.15) is 5.75 Å². The average Bonchev–Trinajstić information content (AvgIpc) is 3.11. The van der Waals surface area contributed by atoms with Gasteiger partial charge < -0.3 is 10.1 Å². The maximum absolute atomic E-state index is 12.3. The predicted molar refractivity (Wildman–Crippen MR) is 98.7 cm³/mol. The molecule has 1 heterocycles. The van der Waals surface area contributed by atoms with Gasteiger partial charge in [-0.05, 0) is 35.9 Å². The number of aromatic nitrogens is 2. The van der Waals surface area contributed by atoms with Crippen molar-refractivity contribution in [2.75, 3.05) is 11.9 Å². The third kappa shape index (κ3) is 5.50. The first-order valence-corrected chi connectivity index (χ1v) is 8.55. The number of alkyl halides is 3. The van der Waals surface area contributed by atoms with Crippen molar-refractivity contribution in [3.05, 3.63) is 77.1 Å². The molecular weight excluding hydrogens is 395 g/mol. The molecule has 0 spiro atoms. The quantitative estimate of drug-likeness (QED) is 0.637. The van der Waals surface area contributed by atoms with Gasteiger partial charge in [-0.3, -0.25) is 9.48 Å². The monoisotopic (exact) mass is 409 g/mol. The predicted octanol–water partition coefficient (Wildman–Crippen LogP) is 4.78. The molecule has 146 valence electrons. The smallest absolute Gasteiger partial charge is 0.422 e. The molecule has 0 unspecified atom stereocenters. The molecule has 0 saturated carbocycles. The van der Waals surface area contributed by atoms with Gasteiger partial charge in [-0.2, -0.15) is 18.3 Å². The molecule has 0 saturated heterocycles. The zero-order valence-corrected chi connectivity index (χ0v) is 15.2. The minimum absolute atomic E-state index is 0.0582. The van der Waals surface area contributed by atoms with Crippen molar-refractivity contribution in [2.45, 2.75) is 12.7 Å². The third-order valence-corrected chi connectivity index (χ3v) is 4.07. The Balaban J connectivity index is 1.59. The van der Waals surface area contributed by atoms with Crippen molar-refractivity contribution in [3.8, 4) is 5.75 Å². The molecule has 9 heteroatoms. The number of ether oxygens (including phenoxy) is 1. The normalized spacial score (nSPS) is 11.3. The van der Waals surface area contributed by atoms with E-state index < -0.39 is 18.7 Å². The summed E-state index contributed by atoms with van der Waals surface area (Å²) in [6.07, 6.45) is -1.40. The summed E-state index contributed by atoms with van der Waals surface area (Å²) in [6.45, 7) is -0.957. The second kappa shape index (κ2) is 8.35. The molecule has 2 aromatic carbocycles. The van der Waals surface area contributed by atoms with E-state index in [0.717, 1.165) is 5.56 Å². The first kappa shape index (κ1) is 19.8. The molecule has 0 fully saturated rings. The van der Waals surface area contributed by atoms with Crippen LogP contribution in [0.1, 0.15) is 15.9 Å². The summed E-state index contributed by atoms with van der Waals surface area (Å²) < 4.78 is 42.6. The van der Waals surface area contributed by atoms with E-state index >= 15 is 0 Å². The minimum atomic E-state index is -4.41. The number of nitrogens with one attached hydrogen (secondary N) is 1. The molecular formula is C19H15ClF3N3O2. The molecule has 0 radical (unpaired) electrons. The van der Waals surface area contributed by atoms with Crippen LogP contribution in [0.5, 0.6) is 5.75 Å². The molecule has 0 atom stereocenters. The van der Waals surface area contributed by atoms with Crippen LogP contribution >= 0.6 is 11.6 Å². The topological polar surface area (TPSA) is 56.1 Å². The van der Waals surface area contributed by atoms with Crippen molar-refractivity contribution in [3.63, 3.8) is 0 Å². The molecule has 0 aliphatic carbocycles. The van der Waals surface area contributed by atoms with Gasteiger partial charge in [-0.1, -0.05) is 29.8 Å². The Morgan fingerprint density at radius 2 is 1.86 bits per heavy atom. The van der Waals surface area contributed by atoms with Gasteiger partial charge in [0, 0.05) is 16.9 Å². The lowest BCUT2D eigenvalue weighted by Crippen LogP contribution is -2.19. The first-order chi connectivity index (χ1) is 13.3. The van der Waals surface area contributed by atoms with E-state index in [4.69, 9.17) is 11.6 Å². The molecule has 3 aromatic rings. The summed E-state index contributed by atoms with van der Waals surface area (Å²) in [7, 11) is 0. The molecule has 5 nitrogen and oxygen atoms in total. The van der Waals surface area contributed by atoms with E-state index in [0.29, 0.717) is 22.8 Å². The minimum Gasteiger partial charge on any atom is -0.484 e. The number of benzene rings is 2. The standard InChI is InChI=1S/C19H15ClF3N3O2/c20-17-4-2-1-3-13(17)10-26-11-14(9-24-26)18(27)25-15-5-7-16(8-6-15)28-12-19(21,22)23/h1-9,11H,10,12H2,(H,25,27). The van der Waals surface area contributed by atoms with Crippen LogP contribution in [0.3, 0.4) is 0 Å². The van der Waals surface area contributed by atoms with E-state index in [1.807, 2.05) is 18.2 Å². The maximum Gasteiger partial charge on any atom is 0.422 e. The van der Waals surface area contributed by atoms with Gasteiger partial charge in [0.05, 0.1) is 18.3 Å². The maximum atomic E-state index is 12.3. The van der Waals surface area contributed by atoms with E-state index in [9.17, 15) is 18.0 Å². The third-order valence-electron chi connectivity index (χ3n) is 3.70. The number of hydrogen-bond donors (Lipinski definition) is 1. The van der Waals surface area contributed by atoms with Gasteiger partial charge >= 0.3 is 6.18 Å². The molecule has 0 bridgehead atoms. The molecule has 1 aromatic heterocycles. The largest absolute Gasteiger partial charge is 0.484 e. The van der Waals surface area contributed by atoms with Gasteiger partial charge in [0.2, 0.25) is 0 Å². The number of rotatable bonds is 6. The van der Waals surface area contributed by atoms with Crippen molar-refractivity contribution < 1.29 is 22.7 Å². The molecule has 1 amide bonds. The highest BCUT2D eigenvalue weighted by atomic mass is 35.5. The fourth-order valence-corrected chi connectivity index (χ4v) is 2.57. The fourth-order valence-electron chi connectivity index (χ4n) is 2.37. The first-order valence-electron chi connectivity index (χ1n) is 8.17. The summed E-state index contributed by atoms with van der Waals surface area (Å²) in [5, 5.41) is 7.41. The van der Waals surface area contributed by atoms with Gasteiger partial charge in [0.25, 0.3) is 5.91 Å². The molecule has 0 aliphatic rings. The lowest BCUT2D eigenvalue weighted by Gasteiger charge is -2.10. The Morgan fingerprint density at radius 3 is 2.54 bits per heavy atom. The van der Waals surface area contributed by atoms with Crippen LogP contribution in [0.15, 0.2) is 60.9 Å². The van der Waals surface area contributed by atoms with Crippen LogP contribution < -0.4 is 10.1 Å². The van der Waals surface area contributed by atoms with Crippen molar-refractivity contribution in [1.82, 2.24) is 9.78 Å². The van der Waals surface area contributed by atoms with E-state index in [1.165, 1.54) is 30.5 Å². The van der Waals surface area contributed by atoms with E-state index in [1.54, 1.807) is 16.9 Å². The van der Waals surface area contributed by atoms with Crippen LogP contribution in [-0.2, 0) is 6.54 Å². The molecule has 1 N–H and O–H groups in total. The molecule has 0 aliphatic heterocycles. The Bertz CT molecular complexity index is 956. The highest BCUT2D eigenvalue weighted by Gasteiger charge is 2.28. The number of halogens is 4. The lowest BCUT2D eigenvalue weighted by atomic mass is 10.2. The Hall–Kier alpha value is -3.00. The highest BCUT2D eigenvalue weighted by molar-refractivity contribution is 6.31. The summed E-state index contributed by atoms with van der Waals surface area (Å²) >= 11 is 6.12. The van der Waals surface area contributed by atoms with Crippen molar-refractivity contribution in [1.29, 1.82) is 0 Å². The summed E-state index contributed by atoms with van der Waals surface area (Å²) in [5.74, 6) is -0.336. The van der Waals surface area contributed by atoms with Crippen LogP contribution in [0.2, 0.25) is 5.02 Å². The highest BCUT2D eigenvalue weighted by Crippen LogP contribution is 2.21. The molecule has 3 rings (SSSR count). The van der Waals surface area contributed by atoms with Crippen LogP contribution in [0.25, 0.3) is 0 Å². The zero-order chi connectivity index (χ0) is 20.1. The van der Waals surface area contributed by atoms with Crippen molar-refractivity contribution >= 4 is 23.2 Å². The number of nitrogens with zero attached hydrogens (tertiary/aromatic N) is 2. The van der Waals surface area contributed by atoms with Gasteiger partial charge in [-0.15, -0.1) is 0 Å². The second-order valence-corrected chi connectivity index (χ2v) is 6.31. The van der Waals surface area contributed by atoms with E-state index in [-0.39, 0.29) is 5.75 Å². The second-order valence-electron chi connectivity index (χ2n) is 5.90. The summed E-state index contributed by atoms with van der Waals surface area (Å²) in [5.41, 5.74) is 1.63. The van der Waals surface area contributed by atoms with E-state index in [2.05, 4.69) is 15.2 Å². The number of carbonyl (C=O) groups excluding carboxylic acids is 1. The zero-order valence-electron chi connectivity index (χ0n) is 14.4. The Kier molecular flexibility index (Phi) is 5.89. The number of anilines is 1. The lowest BCUT2D eigenvalue weighted by molar-refractivity contribution is -0.153. The fraction of sp³-hybridized carbons (Fsp3) is 0.158. The van der Waals surface area contributed by atoms with Crippen molar-refractivity contribution in [2.24, 2.45) is 0 Å². The van der Waals surface area contributed by atoms with Gasteiger partial charge in [-0.25, -0.2) is 0 Å². The summed E-state index contributed by atoms with van der Waals surface area (Å²) in [4.78, 5) is 12.3. The number of amides is 1. The molecule has 28 heavy (non-hydrogen) atoms. The Labute approximate surface area is 163 Å². The average molecular weight is 410 g/mol. The SMILES string of the molecule is O=C(Nc1ccc(OCC(F)(F)F)cc1)c1cnn(Cc2ccccc2Cl)c1. The van der Waals surface area contributed by atoms with Crippen LogP contribution in [0.4, 0.5) is 18.9 Å². The Morgan fingerprint density at radius 1 is 1.14 bits per heavy atom. The number of hydrogen-bond acceptors (Lipinski definition) is 3.